The number of benzene rings is 1. The molecule has 0 spiro atoms. The molecule has 0 atom stereocenters. The summed E-state index contributed by atoms with van der Waals surface area (Å²) in [5.41, 5.74) is -0.894. The largest absolute Gasteiger partial charge is 0.464 e. The van der Waals surface area contributed by atoms with Crippen molar-refractivity contribution in [3.05, 3.63) is 35.9 Å². The van der Waals surface area contributed by atoms with Crippen molar-refractivity contribution < 1.29 is 19.1 Å². The summed E-state index contributed by atoms with van der Waals surface area (Å²) in [5, 5.41) is 0. The van der Waals surface area contributed by atoms with E-state index in [9.17, 15) is 9.59 Å². The van der Waals surface area contributed by atoms with Crippen molar-refractivity contribution in [2.75, 3.05) is 13.2 Å². The van der Waals surface area contributed by atoms with Crippen LogP contribution in [-0.2, 0) is 19.1 Å². The Morgan fingerprint density at radius 1 is 1.05 bits per heavy atom. The smallest absolute Gasteiger partial charge is 0.335 e. The summed E-state index contributed by atoms with van der Waals surface area (Å²) < 4.78 is 9.84. The Labute approximate surface area is 119 Å². The van der Waals surface area contributed by atoms with E-state index in [0.29, 0.717) is 5.56 Å². The average molecular weight is 274 g/mol. The van der Waals surface area contributed by atoms with Crippen LogP contribution in [0.25, 0.3) is 0 Å². The maximum Gasteiger partial charge on any atom is 0.335 e. The summed E-state index contributed by atoms with van der Waals surface area (Å²) in [7, 11) is 0. The predicted octanol–water partition coefficient (Wildman–Crippen LogP) is 2.17. The van der Waals surface area contributed by atoms with Crippen LogP contribution in [0.5, 0.6) is 0 Å². The van der Waals surface area contributed by atoms with Gasteiger partial charge in [0, 0.05) is 5.56 Å². The Bertz CT molecular complexity index is 504. The van der Waals surface area contributed by atoms with Gasteiger partial charge in [-0.2, -0.15) is 0 Å². The molecule has 1 aromatic rings. The van der Waals surface area contributed by atoms with E-state index in [1.54, 1.807) is 26.0 Å². The molecule has 1 rings (SSSR count). The standard InChI is InChI=1S/C16H18O4/c1-4-19-14(17)16(3,15(18)20-5-2)12-11-13-9-7-6-8-10-13/h6-10H,4-5H2,1-3H3. The van der Waals surface area contributed by atoms with Gasteiger partial charge in [-0.3, -0.25) is 0 Å². The van der Waals surface area contributed by atoms with Crippen LogP contribution in [-0.4, -0.2) is 25.2 Å². The number of hydrogen-bond acceptors (Lipinski definition) is 4. The first-order chi connectivity index (χ1) is 9.54. The minimum absolute atomic E-state index is 0.181. The minimum Gasteiger partial charge on any atom is -0.464 e. The van der Waals surface area contributed by atoms with Gasteiger partial charge in [-0.25, -0.2) is 9.59 Å². The number of carbonyl (C=O) groups excluding carboxylic acids is 2. The van der Waals surface area contributed by atoms with Crippen molar-refractivity contribution in [1.29, 1.82) is 0 Å². The monoisotopic (exact) mass is 274 g/mol. The summed E-state index contributed by atoms with van der Waals surface area (Å²) in [6, 6.07) is 9.11. The van der Waals surface area contributed by atoms with E-state index in [1.807, 2.05) is 18.2 Å². The molecule has 0 saturated heterocycles. The quantitative estimate of drug-likeness (QED) is 0.479. The normalized spacial score (nSPS) is 10.2. The number of ether oxygens (including phenoxy) is 2. The highest BCUT2D eigenvalue weighted by Crippen LogP contribution is 2.20. The molecule has 106 valence electrons. The van der Waals surface area contributed by atoms with Crippen LogP contribution in [0, 0.1) is 17.3 Å². The van der Waals surface area contributed by atoms with Gasteiger partial charge in [-0.05, 0) is 32.9 Å². The summed E-state index contributed by atoms with van der Waals surface area (Å²) in [4.78, 5) is 24.0. The highest BCUT2D eigenvalue weighted by atomic mass is 16.6. The average Bonchev–Trinajstić information content (AvgIpc) is 2.46. The Kier molecular flexibility index (Phi) is 5.79. The third-order valence-corrected chi connectivity index (χ3v) is 2.60. The molecular weight excluding hydrogens is 256 g/mol. The molecule has 0 aliphatic carbocycles. The van der Waals surface area contributed by atoms with Gasteiger partial charge in [0.2, 0.25) is 5.41 Å². The van der Waals surface area contributed by atoms with Crippen molar-refractivity contribution in [3.8, 4) is 11.8 Å². The molecule has 4 nitrogen and oxygen atoms in total. The number of hydrogen-bond donors (Lipinski definition) is 0. The van der Waals surface area contributed by atoms with Crippen LogP contribution < -0.4 is 0 Å². The molecule has 0 bridgehead atoms. The van der Waals surface area contributed by atoms with Gasteiger partial charge in [0.05, 0.1) is 13.2 Å². The van der Waals surface area contributed by atoms with Crippen molar-refractivity contribution in [1.82, 2.24) is 0 Å². The van der Waals surface area contributed by atoms with Gasteiger partial charge in [0.1, 0.15) is 0 Å². The molecule has 20 heavy (non-hydrogen) atoms. The summed E-state index contributed by atoms with van der Waals surface area (Å²) in [6.45, 7) is 5.13. The Morgan fingerprint density at radius 2 is 1.55 bits per heavy atom. The van der Waals surface area contributed by atoms with E-state index in [0.717, 1.165) is 0 Å². The van der Waals surface area contributed by atoms with Crippen LogP contribution in [0.1, 0.15) is 26.3 Å². The van der Waals surface area contributed by atoms with Crippen molar-refractivity contribution in [3.63, 3.8) is 0 Å². The third-order valence-electron chi connectivity index (χ3n) is 2.60. The van der Waals surface area contributed by atoms with Crippen molar-refractivity contribution >= 4 is 11.9 Å². The van der Waals surface area contributed by atoms with Gasteiger partial charge in [-0.1, -0.05) is 30.0 Å². The first-order valence-electron chi connectivity index (χ1n) is 6.47. The molecule has 0 unspecified atom stereocenters. The lowest BCUT2D eigenvalue weighted by atomic mass is 9.91. The third kappa shape index (κ3) is 3.86. The Hall–Kier alpha value is -2.28. The molecule has 1 aromatic carbocycles. The molecule has 0 aliphatic heterocycles. The summed E-state index contributed by atoms with van der Waals surface area (Å²) in [6.07, 6.45) is 0. The Morgan fingerprint density at radius 3 is 2.00 bits per heavy atom. The minimum atomic E-state index is -1.61. The van der Waals surface area contributed by atoms with Gasteiger partial charge in [0.15, 0.2) is 0 Å². The van der Waals surface area contributed by atoms with E-state index < -0.39 is 17.4 Å². The fraction of sp³-hybridized carbons (Fsp3) is 0.375. The lowest BCUT2D eigenvalue weighted by Crippen LogP contribution is -2.38. The topological polar surface area (TPSA) is 52.6 Å². The lowest BCUT2D eigenvalue weighted by molar-refractivity contribution is -0.165. The molecule has 0 radical (unpaired) electrons. The van der Waals surface area contributed by atoms with Gasteiger partial charge in [0.25, 0.3) is 0 Å². The molecule has 0 aromatic heterocycles. The summed E-state index contributed by atoms with van der Waals surface area (Å²) in [5.74, 6) is 4.11. The molecule has 0 amide bonds. The predicted molar refractivity (Wildman–Crippen MR) is 74.7 cm³/mol. The second-order valence-electron chi connectivity index (χ2n) is 4.18. The number of carbonyl (C=O) groups is 2. The van der Waals surface area contributed by atoms with Crippen molar-refractivity contribution in [2.45, 2.75) is 20.8 Å². The first kappa shape index (κ1) is 15.8. The fourth-order valence-electron chi connectivity index (χ4n) is 1.45. The highest BCUT2D eigenvalue weighted by molar-refractivity contribution is 6.03. The van der Waals surface area contributed by atoms with E-state index in [4.69, 9.17) is 9.47 Å². The maximum absolute atomic E-state index is 12.0. The molecule has 0 saturated carbocycles. The second kappa shape index (κ2) is 7.34. The van der Waals surface area contributed by atoms with E-state index in [-0.39, 0.29) is 13.2 Å². The SMILES string of the molecule is CCOC(=O)C(C)(C#Cc1ccccc1)C(=O)OCC. The van der Waals surface area contributed by atoms with Crippen LogP contribution in [0.3, 0.4) is 0 Å². The zero-order valence-electron chi connectivity index (χ0n) is 11.9. The Balaban J connectivity index is 3.09. The zero-order valence-corrected chi connectivity index (χ0v) is 11.9. The van der Waals surface area contributed by atoms with E-state index in [2.05, 4.69) is 11.8 Å². The van der Waals surface area contributed by atoms with E-state index >= 15 is 0 Å². The molecule has 0 fully saturated rings. The zero-order chi connectivity index (χ0) is 15.0. The summed E-state index contributed by atoms with van der Waals surface area (Å²) >= 11 is 0. The van der Waals surface area contributed by atoms with Gasteiger partial charge < -0.3 is 9.47 Å². The van der Waals surface area contributed by atoms with Gasteiger partial charge in [-0.15, -0.1) is 0 Å². The molecule has 0 aliphatic rings. The van der Waals surface area contributed by atoms with Crippen molar-refractivity contribution in [2.24, 2.45) is 5.41 Å². The number of rotatable bonds is 4. The van der Waals surface area contributed by atoms with Gasteiger partial charge >= 0.3 is 11.9 Å². The van der Waals surface area contributed by atoms with Crippen LogP contribution in [0.15, 0.2) is 30.3 Å². The van der Waals surface area contributed by atoms with E-state index in [1.165, 1.54) is 6.92 Å². The molecular formula is C16H18O4. The second-order valence-corrected chi connectivity index (χ2v) is 4.18. The fourth-order valence-corrected chi connectivity index (χ4v) is 1.45. The molecule has 0 heterocycles. The van der Waals surface area contributed by atoms with Crippen LogP contribution in [0.4, 0.5) is 0 Å². The lowest BCUT2D eigenvalue weighted by Gasteiger charge is -2.19. The molecule has 4 heteroatoms. The van der Waals surface area contributed by atoms with Crippen LogP contribution >= 0.6 is 0 Å². The highest BCUT2D eigenvalue weighted by Gasteiger charge is 2.43. The number of esters is 2. The molecule has 0 N–H and O–H groups in total. The van der Waals surface area contributed by atoms with Crippen LogP contribution in [0.2, 0.25) is 0 Å². The first-order valence-corrected chi connectivity index (χ1v) is 6.47. The maximum atomic E-state index is 12.0.